The average Bonchev–Trinajstić information content (AvgIpc) is 3.02. The van der Waals surface area contributed by atoms with Gasteiger partial charge in [-0.1, -0.05) is 13.8 Å². The Hall–Kier alpha value is -1.54. The molecule has 148 valence electrons. The number of sulfonamides is 1. The Labute approximate surface area is 161 Å². The lowest BCUT2D eigenvalue weighted by Gasteiger charge is -2.49. The molecule has 1 saturated heterocycles. The van der Waals surface area contributed by atoms with Gasteiger partial charge >= 0.3 is 0 Å². The molecule has 27 heavy (non-hydrogen) atoms. The molecule has 1 aliphatic carbocycles. The van der Waals surface area contributed by atoms with Gasteiger partial charge in [0.2, 0.25) is 10.0 Å². The van der Waals surface area contributed by atoms with E-state index in [1.165, 1.54) is 0 Å². The molecule has 4 rings (SSSR count). The van der Waals surface area contributed by atoms with Crippen LogP contribution in [0.4, 0.5) is 0 Å². The van der Waals surface area contributed by atoms with Gasteiger partial charge in [0.05, 0.1) is 11.8 Å². The third-order valence-corrected chi connectivity index (χ3v) is 8.69. The lowest BCUT2D eigenvalue weighted by Crippen LogP contribution is -2.51. The SMILES string of the molecule is CC(C)S(=O)(=O)N1CCC2(CC1)C1=C(N=NC1)NC1=C2C(=O)CC(C)(C)C1. The summed E-state index contributed by atoms with van der Waals surface area (Å²) in [6.07, 6.45) is 2.57. The fourth-order valence-electron chi connectivity index (χ4n) is 5.04. The highest BCUT2D eigenvalue weighted by Gasteiger charge is 2.53. The minimum absolute atomic E-state index is 0.0837. The van der Waals surface area contributed by atoms with E-state index in [1.54, 1.807) is 18.2 Å². The van der Waals surface area contributed by atoms with Gasteiger partial charge in [-0.2, -0.15) is 5.11 Å². The summed E-state index contributed by atoms with van der Waals surface area (Å²) < 4.78 is 26.8. The number of dihydropyridines is 1. The standard InChI is InChI=1S/C19H28N4O3S/c1-12(2)27(25,26)23-7-5-19(6-8-23)13-11-20-22-17(13)21-14-9-18(3,4)10-15(24)16(14)19/h12,21H,5-11H2,1-4H3. The predicted octanol–water partition coefficient (Wildman–Crippen LogP) is 2.73. The minimum Gasteiger partial charge on any atom is -0.342 e. The third-order valence-electron chi connectivity index (χ3n) is 6.42. The molecule has 0 bridgehead atoms. The van der Waals surface area contributed by atoms with Crippen LogP contribution in [0.2, 0.25) is 0 Å². The zero-order valence-corrected chi connectivity index (χ0v) is 17.3. The number of Topliss-reactive ketones (excluding diaryl/α,β-unsaturated/α-hetero) is 1. The molecule has 0 aromatic rings. The summed E-state index contributed by atoms with van der Waals surface area (Å²) in [4.78, 5) is 13.2. The number of ketones is 1. The Morgan fingerprint density at radius 3 is 2.44 bits per heavy atom. The van der Waals surface area contributed by atoms with Gasteiger partial charge in [0, 0.05) is 41.8 Å². The van der Waals surface area contributed by atoms with Gasteiger partial charge in [-0.25, -0.2) is 12.7 Å². The van der Waals surface area contributed by atoms with E-state index in [9.17, 15) is 13.2 Å². The number of azo groups is 1. The van der Waals surface area contributed by atoms with Crippen molar-refractivity contribution in [1.82, 2.24) is 9.62 Å². The zero-order chi connectivity index (χ0) is 19.6. The molecule has 0 amide bonds. The second-order valence-corrected chi connectivity index (χ2v) is 11.7. The number of nitrogens with zero attached hydrogens (tertiary/aromatic N) is 3. The predicted molar refractivity (Wildman–Crippen MR) is 102 cm³/mol. The van der Waals surface area contributed by atoms with Gasteiger partial charge in [0.1, 0.15) is 0 Å². The molecule has 0 aromatic heterocycles. The number of hydrogen-bond acceptors (Lipinski definition) is 6. The Kier molecular flexibility index (Phi) is 4.16. The van der Waals surface area contributed by atoms with E-state index >= 15 is 0 Å². The molecule has 8 heteroatoms. The quantitative estimate of drug-likeness (QED) is 0.782. The molecule has 7 nitrogen and oxygen atoms in total. The topological polar surface area (TPSA) is 91.2 Å². The second-order valence-electron chi connectivity index (χ2n) is 9.22. The first-order valence-corrected chi connectivity index (χ1v) is 11.2. The van der Waals surface area contributed by atoms with Crippen molar-refractivity contribution in [2.24, 2.45) is 21.1 Å². The van der Waals surface area contributed by atoms with Crippen molar-refractivity contribution in [1.29, 1.82) is 0 Å². The Morgan fingerprint density at radius 1 is 1.15 bits per heavy atom. The summed E-state index contributed by atoms with van der Waals surface area (Å²) in [6.45, 7) is 9.02. The highest BCUT2D eigenvalue weighted by Crippen LogP contribution is 2.55. The van der Waals surface area contributed by atoms with E-state index in [0.29, 0.717) is 38.9 Å². The summed E-state index contributed by atoms with van der Waals surface area (Å²) in [5.41, 5.74) is 2.40. The number of fused-ring (bicyclic) bond motifs is 2. The molecular weight excluding hydrogens is 364 g/mol. The van der Waals surface area contributed by atoms with Gasteiger partial charge in [-0.15, -0.1) is 5.11 Å². The number of piperidine rings is 1. The highest BCUT2D eigenvalue weighted by atomic mass is 32.2. The number of carbonyl (C=O) groups excluding carboxylic acids is 1. The summed E-state index contributed by atoms with van der Waals surface area (Å²) in [7, 11) is -3.29. The van der Waals surface area contributed by atoms with Crippen LogP contribution < -0.4 is 5.32 Å². The van der Waals surface area contributed by atoms with Crippen molar-refractivity contribution >= 4 is 15.8 Å². The molecular formula is C19H28N4O3S. The fraction of sp³-hybridized carbons (Fsp3) is 0.737. The van der Waals surface area contributed by atoms with Crippen molar-refractivity contribution in [2.45, 2.75) is 58.6 Å². The van der Waals surface area contributed by atoms with E-state index in [2.05, 4.69) is 29.4 Å². The van der Waals surface area contributed by atoms with Crippen LogP contribution >= 0.6 is 0 Å². The Bertz CT molecular complexity index is 888. The molecule has 4 aliphatic rings. The van der Waals surface area contributed by atoms with Gasteiger partial charge in [-0.3, -0.25) is 4.79 Å². The molecule has 3 aliphatic heterocycles. The molecule has 0 aromatic carbocycles. The molecule has 0 radical (unpaired) electrons. The number of hydrogen-bond donors (Lipinski definition) is 1. The van der Waals surface area contributed by atoms with E-state index < -0.39 is 20.7 Å². The first-order chi connectivity index (χ1) is 12.6. The Morgan fingerprint density at radius 2 is 1.81 bits per heavy atom. The summed E-state index contributed by atoms with van der Waals surface area (Å²) in [5, 5.41) is 11.4. The van der Waals surface area contributed by atoms with Crippen LogP contribution in [-0.4, -0.2) is 43.4 Å². The summed E-state index contributed by atoms with van der Waals surface area (Å²) in [5.74, 6) is 0.965. The normalized spacial score (nSPS) is 27.2. The lowest BCUT2D eigenvalue weighted by molar-refractivity contribution is -0.119. The van der Waals surface area contributed by atoms with Gasteiger partial charge in [-0.05, 0) is 38.5 Å². The van der Waals surface area contributed by atoms with Gasteiger partial charge in [0.15, 0.2) is 11.6 Å². The van der Waals surface area contributed by atoms with Crippen LogP contribution in [0.15, 0.2) is 32.9 Å². The van der Waals surface area contributed by atoms with Crippen LogP contribution in [0.5, 0.6) is 0 Å². The maximum Gasteiger partial charge on any atom is 0.216 e. The van der Waals surface area contributed by atoms with Crippen molar-refractivity contribution in [3.8, 4) is 0 Å². The zero-order valence-electron chi connectivity index (χ0n) is 16.5. The average molecular weight is 393 g/mol. The molecule has 1 spiro atoms. The number of carbonyl (C=O) groups is 1. The maximum absolute atomic E-state index is 13.2. The molecule has 0 saturated carbocycles. The summed E-state index contributed by atoms with van der Waals surface area (Å²) >= 11 is 0. The number of nitrogens with one attached hydrogen (secondary N) is 1. The van der Waals surface area contributed by atoms with Crippen LogP contribution in [0.3, 0.4) is 0 Å². The third kappa shape index (κ3) is 2.79. The van der Waals surface area contributed by atoms with Crippen molar-refractivity contribution < 1.29 is 13.2 Å². The number of rotatable bonds is 2. The second kappa shape index (κ2) is 5.98. The van der Waals surface area contributed by atoms with E-state index in [0.717, 1.165) is 29.1 Å². The maximum atomic E-state index is 13.2. The largest absolute Gasteiger partial charge is 0.342 e. The van der Waals surface area contributed by atoms with Gasteiger partial charge in [0.25, 0.3) is 0 Å². The first-order valence-electron chi connectivity index (χ1n) is 9.71. The molecule has 0 unspecified atom stereocenters. The van der Waals surface area contributed by atoms with Crippen LogP contribution in [0.25, 0.3) is 0 Å². The van der Waals surface area contributed by atoms with Crippen LogP contribution in [0, 0.1) is 10.8 Å². The van der Waals surface area contributed by atoms with Gasteiger partial charge < -0.3 is 5.32 Å². The fourth-order valence-corrected chi connectivity index (χ4v) is 6.33. The molecule has 0 atom stereocenters. The Balaban J connectivity index is 1.73. The highest BCUT2D eigenvalue weighted by molar-refractivity contribution is 7.89. The van der Waals surface area contributed by atoms with Crippen LogP contribution in [-0.2, 0) is 14.8 Å². The van der Waals surface area contributed by atoms with E-state index in [-0.39, 0.29) is 11.2 Å². The summed E-state index contributed by atoms with van der Waals surface area (Å²) in [6, 6.07) is 0. The first kappa shape index (κ1) is 18.8. The lowest BCUT2D eigenvalue weighted by atomic mass is 9.60. The monoisotopic (exact) mass is 392 g/mol. The van der Waals surface area contributed by atoms with E-state index in [1.807, 2.05) is 0 Å². The molecule has 1 N–H and O–H groups in total. The van der Waals surface area contributed by atoms with Crippen molar-refractivity contribution in [3.63, 3.8) is 0 Å². The van der Waals surface area contributed by atoms with Crippen LogP contribution in [0.1, 0.15) is 53.4 Å². The minimum atomic E-state index is -3.29. The number of allylic oxidation sites excluding steroid dienone is 2. The van der Waals surface area contributed by atoms with E-state index in [4.69, 9.17) is 0 Å². The van der Waals surface area contributed by atoms with Crippen molar-refractivity contribution in [3.05, 3.63) is 22.7 Å². The van der Waals surface area contributed by atoms with Crippen molar-refractivity contribution in [2.75, 3.05) is 19.6 Å². The molecule has 1 fully saturated rings. The molecule has 3 heterocycles. The smallest absolute Gasteiger partial charge is 0.216 e.